The van der Waals surface area contributed by atoms with Gasteiger partial charge in [-0.25, -0.2) is 0 Å². The highest BCUT2D eigenvalue weighted by Crippen LogP contribution is 2.29. The van der Waals surface area contributed by atoms with E-state index in [-0.39, 0.29) is 23.4 Å². The number of hydrogen-bond acceptors (Lipinski definition) is 3. The second-order valence-corrected chi connectivity index (χ2v) is 9.61. The SMILES string of the molecule is CC1(C)CN(C(=O)c2ccc(Cl)cc2)CC2CN(C(=O)CCc3ccccc3)CCN21. The average molecular weight is 440 g/mol. The summed E-state index contributed by atoms with van der Waals surface area (Å²) in [5, 5.41) is 0.624. The average Bonchev–Trinajstić information content (AvgIpc) is 2.77. The topological polar surface area (TPSA) is 43.9 Å². The number of benzene rings is 2. The van der Waals surface area contributed by atoms with Crippen LogP contribution in [0.4, 0.5) is 0 Å². The molecule has 2 aromatic rings. The van der Waals surface area contributed by atoms with E-state index >= 15 is 0 Å². The van der Waals surface area contributed by atoms with Crippen LogP contribution < -0.4 is 0 Å². The van der Waals surface area contributed by atoms with Crippen LogP contribution in [-0.2, 0) is 11.2 Å². The Balaban J connectivity index is 1.42. The smallest absolute Gasteiger partial charge is 0.253 e. The van der Waals surface area contributed by atoms with Gasteiger partial charge in [-0.15, -0.1) is 0 Å². The lowest BCUT2D eigenvalue weighted by Gasteiger charge is -2.55. The summed E-state index contributed by atoms with van der Waals surface area (Å²) in [6.07, 6.45) is 1.28. The van der Waals surface area contributed by atoms with E-state index in [2.05, 4.69) is 30.9 Å². The van der Waals surface area contributed by atoms with Crippen molar-refractivity contribution in [2.75, 3.05) is 32.7 Å². The first-order valence-electron chi connectivity index (χ1n) is 11.0. The largest absolute Gasteiger partial charge is 0.340 e. The van der Waals surface area contributed by atoms with Gasteiger partial charge in [0.15, 0.2) is 0 Å². The third-order valence-electron chi connectivity index (χ3n) is 6.47. The highest BCUT2D eigenvalue weighted by atomic mass is 35.5. The molecule has 2 amide bonds. The first-order valence-corrected chi connectivity index (χ1v) is 11.3. The van der Waals surface area contributed by atoms with E-state index in [0.717, 1.165) is 19.5 Å². The van der Waals surface area contributed by atoms with Gasteiger partial charge < -0.3 is 9.80 Å². The Morgan fingerprint density at radius 1 is 0.968 bits per heavy atom. The molecule has 0 aromatic heterocycles. The molecule has 1 unspecified atom stereocenters. The predicted molar refractivity (Wildman–Crippen MR) is 123 cm³/mol. The van der Waals surface area contributed by atoms with E-state index in [4.69, 9.17) is 11.6 Å². The fourth-order valence-corrected chi connectivity index (χ4v) is 5.02. The summed E-state index contributed by atoms with van der Waals surface area (Å²) in [4.78, 5) is 32.4. The Morgan fingerprint density at radius 2 is 1.65 bits per heavy atom. The predicted octanol–water partition coefficient (Wildman–Crippen LogP) is 3.72. The van der Waals surface area contributed by atoms with E-state index in [1.165, 1.54) is 5.56 Å². The number of rotatable bonds is 4. The lowest BCUT2D eigenvalue weighted by molar-refractivity contribution is -0.138. The van der Waals surface area contributed by atoms with Crippen molar-refractivity contribution in [2.24, 2.45) is 0 Å². The summed E-state index contributed by atoms with van der Waals surface area (Å²) in [6, 6.07) is 17.4. The van der Waals surface area contributed by atoms with Crippen molar-refractivity contribution >= 4 is 23.4 Å². The van der Waals surface area contributed by atoms with Gasteiger partial charge in [0, 0.05) is 61.3 Å². The molecule has 0 bridgehead atoms. The molecule has 0 radical (unpaired) electrons. The number of amides is 2. The maximum Gasteiger partial charge on any atom is 0.253 e. The van der Waals surface area contributed by atoms with Gasteiger partial charge in [-0.1, -0.05) is 41.9 Å². The van der Waals surface area contributed by atoms with Gasteiger partial charge in [-0.3, -0.25) is 14.5 Å². The Labute approximate surface area is 189 Å². The minimum absolute atomic E-state index is 0.0249. The standard InChI is InChI=1S/C25H30ClN3O2/c1-25(2)18-28(24(31)20-9-11-21(26)12-10-20)17-22-16-27(14-15-29(22)25)23(30)13-8-19-6-4-3-5-7-19/h3-7,9-12,22H,8,13-18H2,1-2H3. The van der Waals surface area contributed by atoms with Crippen LogP contribution in [-0.4, -0.2) is 70.8 Å². The molecule has 31 heavy (non-hydrogen) atoms. The molecule has 2 fully saturated rings. The summed E-state index contributed by atoms with van der Waals surface area (Å²) >= 11 is 5.98. The zero-order valence-corrected chi connectivity index (χ0v) is 19.0. The molecule has 2 aliphatic heterocycles. The molecular weight excluding hydrogens is 410 g/mol. The van der Waals surface area contributed by atoms with E-state index in [9.17, 15) is 9.59 Å². The normalized spacial score (nSPS) is 20.9. The lowest BCUT2D eigenvalue weighted by Crippen LogP contribution is -2.70. The molecule has 2 aliphatic rings. The van der Waals surface area contributed by atoms with Crippen molar-refractivity contribution in [1.82, 2.24) is 14.7 Å². The van der Waals surface area contributed by atoms with Gasteiger partial charge in [0.25, 0.3) is 5.91 Å². The third-order valence-corrected chi connectivity index (χ3v) is 6.72. The van der Waals surface area contributed by atoms with Crippen LogP contribution in [0.2, 0.25) is 5.02 Å². The summed E-state index contributed by atoms with van der Waals surface area (Å²) in [6.45, 7) is 7.94. The second kappa shape index (κ2) is 9.01. The zero-order valence-electron chi connectivity index (χ0n) is 18.3. The summed E-state index contributed by atoms with van der Waals surface area (Å²) < 4.78 is 0. The van der Waals surface area contributed by atoms with E-state index < -0.39 is 0 Å². The third kappa shape index (κ3) is 4.94. The summed E-state index contributed by atoms with van der Waals surface area (Å²) in [5.74, 6) is 0.222. The first-order chi connectivity index (χ1) is 14.8. The first kappa shape index (κ1) is 21.8. The molecule has 2 aromatic carbocycles. The van der Waals surface area contributed by atoms with Crippen LogP contribution in [0.5, 0.6) is 0 Å². The minimum Gasteiger partial charge on any atom is -0.340 e. The van der Waals surface area contributed by atoms with Gasteiger partial charge in [-0.05, 0) is 50.1 Å². The monoisotopic (exact) mass is 439 g/mol. The molecule has 0 saturated carbocycles. The molecule has 0 N–H and O–H groups in total. The fourth-order valence-electron chi connectivity index (χ4n) is 4.90. The molecule has 1 atom stereocenters. The van der Waals surface area contributed by atoms with Crippen LogP contribution in [0, 0.1) is 0 Å². The number of aryl methyl sites for hydroxylation is 1. The molecular formula is C25H30ClN3O2. The summed E-state index contributed by atoms with van der Waals surface area (Å²) in [5.41, 5.74) is 1.71. The van der Waals surface area contributed by atoms with E-state index in [1.807, 2.05) is 28.0 Å². The van der Waals surface area contributed by atoms with E-state index in [0.29, 0.717) is 36.6 Å². The van der Waals surface area contributed by atoms with Crippen LogP contribution in [0.3, 0.4) is 0 Å². The molecule has 6 heteroatoms. The molecule has 2 saturated heterocycles. The van der Waals surface area contributed by atoms with Crippen molar-refractivity contribution in [3.05, 3.63) is 70.7 Å². The summed E-state index contributed by atoms with van der Waals surface area (Å²) in [7, 11) is 0. The molecule has 0 aliphatic carbocycles. The fraction of sp³-hybridized carbons (Fsp3) is 0.440. The molecule has 5 nitrogen and oxygen atoms in total. The highest BCUT2D eigenvalue weighted by molar-refractivity contribution is 6.30. The molecule has 0 spiro atoms. The maximum absolute atomic E-state index is 13.1. The number of fused-ring (bicyclic) bond motifs is 1. The number of piperazine rings is 2. The van der Waals surface area contributed by atoms with Crippen molar-refractivity contribution in [3.8, 4) is 0 Å². The lowest BCUT2D eigenvalue weighted by atomic mass is 9.92. The van der Waals surface area contributed by atoms with Crippen LogP contribution in [0.25, 0.3) is 0 Å². The van der Waals surface area contributed by atoms with Crippen LogP contribution in [0.1, 0.15) is 36.2 Å². The quantitative estimate of drug-likeness (QED) is 0.729. The number of carbonyl (C=O) groups is 2. The number of halogens is 1. The molecule has 164 valence electrons. The van der Waals surface area contributed by atoms with Crippen molar-refractivity contribution in [1.29, 1.82) is 0 Å². The van der Waals surface area contributed by atoms with Gasteiger partial charge in [-0.2, -0.15) is 0 Å². The Kier molecular flexibility index (Phi) is 6.35. The van der Waals surface area contributed by atoms with Crippen molar-refractivity contribution in [2.45, 2.75) is 38.3 Å². The molecule has 2 heterocycles. The Morgan fingerprint density at radius 3 is 2.35 bits per heavy atom. The minimum atomic E-state index is -0.135. The Bertz CT molecular complexity index is 930. The van der Waals surface area contributed by atoms with Crippen molar-refractivity contribution < 1.29 is 9.59 Å². The van der Waals surface area contributed by atoms with Gasteiger partial charge >= 0.3 is 0 Å². The maximum atomic E-state index is 13.1. The Hall–Kier alpha value is -2.37. The highest BCUT2D eigenvalue weighted by Gasteiger charge is 2.44. The van der Waals surface area contributed by atoms with Crippen LogP contribution in [0.15, 0.2) is 54.6 Å². The van der Waals surface area contributed by atoms with Gasteiger partial charge in [0.05, 0.1) is 0 Å². The second-order valence-electron chi connectivity index (χ2n) is 9.18. The number of carbonyl (C=O) groups excluding carboxylic acids is 2. The van der Waals surface area contributed by atoms with E-state index in [1.54, 1.807) is 24.3 Å². The molecule has 4 rings (SSSR count). The van der Waals surface area contributed by atoms with Gasteiger partial charge in [0.2, 0.25) is 5.91 Å². The number of hydrogen-bond donors (Lipinski definition) is 0. The van der Waals surface area contributed by atoms with Gasteiger partial charge in [0.1, 0.15) is 0 Å². The van der Waals surface area contributed by atoms with Crippen LogP contribution >= 0.6 is 11.6 Å². The zero-order chi connectivity index (χ0) is 22.0. The number of nitrogens with zero attached hydrogens (tertiary/aromatic N) is 3. The van der Waals surface area contributed by atoms with Crippen molar-refractivity contribution in [3.63, 3.8) is 0 Å².